The summed E-state index contributed by atoms with van der Waals surface area (Å²) < 4.78 is 41.9. The quantitative estimate of drug-likeness (QED) is 0.0449. The first-order valence-corrected chi connectivity index (χ1v) is 22.4. The van der Waals surface area contributed by atoms with Crippen LogP contribution in [0.5, 0.6) is 11.5 Å². The van der Waals surface area contributed by atoms with Crippen molar-refractivity contribution in [3.05, 3.63) is 95.1 Å². The van der Waals surface area contributed by atoms with Crippen molar-refractivity contribution >= 4 is 31.9 Å². The van der Waals surface area contributed by atoms with E-state index in [1.54, 1.807) is 19.1 Å². The number of piperidine rings is 1. The van der Waals surface area contributed by atoms with Gasteiger partial charge < -0.3 is 33.0 Å². The highest BCUT2D eigenvalue weighted by atomic mass is 31.1. The van der Waals surface area contributed by atoms with Gasteiger partial charge in [-0.2, -0.15) is 5.26 Å². The van der Waals surface area contributed by atoms with Gasteiger partial charge in [-0.3, -0.25) is 23.8 Å². The number of hydroxylamine groups is 2. The maximum Gasteiger partial charge on any atom is 0.333 e. The van der Waals surface area contributed by atoms with Gasteiger partial charge in [0.2, 0.25) is 5.91 Å². The Hall–Kier alpha value is -5.10. The highest BCUT2D eigenvalue weighted by molar-refractivity contribution is 7.33. The number of likely N-dealkylation sites (tertiary alicyclic amines) is 1. The molecule has 2 saturated heterocycles. The molecule has 3 aromatic rings. The van der Waals surface area contributed by atoms with Crippen LogP contribution in [0.4, 0.5) is 0 Å². The second kappa shape index (κ2) is 22.8. The van der Waals surface area contributed by atoms with Crippen molar-refractivity contribution in [3.8, 4) is 17.6 Å². The lowest BCUT2D eigenvalue weighted by molar-refractivity contribution is -0.197. The molecule has 0 N–H and O–H groups in total. The number of rotatable bonds is 22. The average Bonchev–Trinajstić information content (AvgIpc) is 3.59. The van der Waals surface area contributed by atoms with Gasteiger partial charge in [0, 0.05) is 51.0 Å². The fraction of sp³-hybridized carbons (Fsp3) is 0.500. The first kappa shape index (κ1) is 47.9. The summed E-state index contributed by atoms with van der Waals surface area (Å²) in [5.41, 5.74) is 2.12. The molecule has 2 atom stereocenters. The smallest absolute Gasteiger partial charge is 0.333 e. The second-order valence-electron chi connectivity index (χ2n) is 15.9. The molecule has 0 bridgehead atoms. The Morgan fingerprint density at radius 2 is 1.34 bits per heavy atom. The molecular weight excluding hydrogens is 815 g/mol. The number of nitrogens with zero attached hydrogens (tertiary/aromatic N) is 4. The topological polar surface area (TPSA) is 174 Å². The summed E-state index contributed by atoms with van der Waals surface area (Å²) in [4.78, 5) is 58.7. The molecular formula is C46H59N4O11P. The summed E-state index contributed by atoms with van der Waals surface area (Å²) >= 11 is 0. The van der Waals surface area contributed by atoms with Crippen molar-refractivity contribution < 1.29 is 51.8 Å². The molecule has 0 radical (unpaired) electrons. The molecule has 3 amide bonds. The number of carbonyl (C=O) groups is 4. The van der Waals surface area contributed by atoms with Crippen molar-refractivity contribution in [2.45, 2.75) is 109 Å². The number of benzene rings is 3. The van der Waals surface area contributed by atoms with Gasteiger partial charge in [-0.1, -0.05) is 48.5 Å². The lowest BCUT2D eigenvalue weighted by atomic mass is 9.79. The van der Waals surface area contributed by atoms with Crippen LogP contribution in [-0.2, 0) is 54.4 Å². The van der Waals surface area contributed by atoms with E-state index in [0.717, 1.165) is 22.3 Å². The Bertz CT molecular complexity index is 1960. The number of methoxy groups -OCH3 is 2. The molecule has 2 aliphatic heterocycles. The zero-order valence-corrected chi connectivity index (χ0v) is 37.5. The summed E-state index contributed by atoms with van der Waals surface area (Å²) in [6.45, 7) is 9.14. The molecule has 62 heavy (non-hydrogen) atoms. The third kappa shape index (κ3) is 12.3. The number of carbonyl (C=O) groups excluding carboxylic acids is 4. The van der Waals surface area contributed by atoms with Gasteiger partial charge in [0.25, 0.3) is 11.8 Å². The van der Waals surface area contributed by atoms with E-state index in [1.807, 2.05) is 105 Å². The second-order valence-corrected chi connectivity index (χ2v) is 16.9. The van der Waals surface area contributed by atoms with Crippen molar-refractivity contribution in [1.82, 2.24) is 14.9 Å². The first-order chi connectivity index (χ1) is 29.8. The summed E-state index contributed by atoms with van der Waals surface area (Å²) in [6, 6.07) is 24.8. The zero-order valence-electron chi connectivity index (χ0n) is 36.5. The predicted molar refractivity (Wildman–Crippen MR) is 230 cm³/mol. The van der Waals surface area contributed by atoms with E-state index in [4.69, 9.17) is 28.1 Å². The van der Waals surface area contributed by atoms with Gasteiger partial charge >= 0.3 is 14.2 Å². The minimum absolute atomic E-state index is 0.0136. The minimum atomic E-state index is -2.84. The largest absolute Gasteiger partial charge is 0.497 e. The van der Waals surface area contributed by atoms with Crippen molar-refractivity contribution in [2.24, 2.45) is 0 Å². The average molecular weight is 875 g/mol. The number of ether oxygens (including phenoxy) is 3. The third-order valence-corrected chi connectivity index (χ3v) is 12.1. The van der Waals surface area contributed by atoms with Crippen LogP contribution in [0.15, 0.2) is 72.8 Å². The fourth-order valence-electron chi connectivity index (χ4n) is 8.01. The fourth-order valence-corrected chi connectivity index (χ4v) is 8.88. The Kier molecular flexibility index (Phi) is 17.7. The van der Waals surface area contributed by atoms with Gasteiger partial charge in [0.05, 0.1) is 39.4 Å². The van der Waals surface area contributed by atoms with Gasteiger partial charge in [0.15, 0.2) is 0 Å². The third-order valence-electron chi connectivity index (χ3n) is 11.1. The standard InChI is InChI=1S/C46H59N4O11P/c1-32(2)49(33(3)4)38(30-47)31-59-62(55)61-41-25-27-48(28-26-41)42(51)8-7-29-58-46(36-14-18-39(56-5)19-15-36,37-16-20-40(57-6)21-17-37)35-12-9-34(10-13-35)11-24-45(54)60-50-43(52)22-23-44(50)53/h9-10,12-21,32-33,38,41,62H,7-8,11,22-29,31H2,1-6H3. The van der Waals surface area contributed by atoms with E-state index in [0.29, 0.717) is 55.3 Å². The monoisotopic (exact) mass is 874 g/mol. The number of imide groups is 1. The number of nitriles is 1. The molecule has 15 nitrogen and oxygen atoms in total. The minimum Gasteiger partial charge on any atom is -0.497 e. The number of amides is 3. The van der Waals surface area contributed by atoms with E-state index in [-0.39, 0.29) is 63.0 Å². The van der Waals surface area contributed by atoms with E-state index < -0.39 is 37.7 Å². The molecule has 0 aromatic heterocycles. The van der Waals surface area contributed by atoms with Crippen LogP contribution in [0.3, 0.4) is 0 Å². The molecule has 2 heterocycles. The Balaban J connectivity index is 1.23. The number of hydrogen-bond donors (Lipinski definition) is 0. The molecule has 334 valence electrons. The SMILES string of the molecule is COc1ccc(C(OCCCC(=O)N2CCC(O[PH](=O)OCC(C#N)N(C(C)C)C(C)C)CC2)(c2ccc(CCC(=O)ON3C(=O)CCC3=O)cc2)c2ccc(OC)cc2)cc1. The molecule has 2 fully saturated rings. The van der Waals surface area contributed by atoms with Gasteiger partial charge in [0.1, 0.15) is 23.1 Å². The molecule has 3 aromatic carbocycles. The number of hydrogen-bond acceptors (Lipinski definition) is 13. The molecule has 0 spiro atoms. The summed E-state index contributed by atoms with van der Waals surface area (Å²) in [5, 5.41) is 10.3. The molecule has 0 aliphatic carbocycles. The highest BCUT2D eigenvalue weighted by Crippen LogP contribution is 2.42. The molecule has 5 rings (SSSR count). The van der Waals surface area contributed by atoms with Gasteiger partial charge in [-0.05, 0) is 99.9 Å². The summed E-state index contributed by atoms with van der Waals surface area (Å²) in [7, 11) is 0.359. The van der Waals surface area contributed by atoms with Crippen LogP contribution in [0, 0.1) is 11.3 Å². The van der Waals surface area contributed by atoms with E-state index in [9.17, 15) is 29.0 Å². The normalized spacial score (nSPS) is 15.9. The lowest BCUT2D eigenvalue weighted by Gasteiger charge is -2.36. The Morgan fingerprint density at radius 3 is 1.82 bits per heavy atom. The summed E-state index contributed by atoms with van der Waals surface area (Å²) in [6.07, 6.45) is 1.70. The Labute approximate surface area is 365 Å². The summed E-state index contributed by atoms with van der Waals surface area (Å²) in [5.74, 6) is -0.407. The van der Waals surface area contributed by atoms with E-state index >= 15 is 0 Å². The predicted octanol–water partition coefficient (Wildman–Crippen LogP) is 6.76. The van der Waals surface area contributed by atoms with Crippen LogP contribution in [0.25, 0.3) is 0 Å². The van der Waals surface area contributed by atoms with E-state index in [2.05, 4.69) is 6.07 Å². The zero-order chi connectivity index (χ0) is 44.8. The maximum atomic E-state index is 13.5. The highest BCUT2D eigenvalue weighted by Gasteiger charge is 2.38. The van der Waals surface area contributed by atoms with Gasteiger partial charge in [-0.25, -0.2) is 4.79 Å². The van der Waals surface area contributed by atoms with Gasteiger partial charge in [-0.15, -0.1) is 5.06 Å². The maximum absolute atomic E-state index is 13.5. The molecule has 16 heteroatoms. The molecule has 2 aliphatic rings. The first-order valence-electron chi connectivity index (χ1n) is 21.2. The van der Waals surface area contributed by atoms with Crippen molar-refractivity contribution in [1.29, 1.82) is 5.26 Å². The van der Waals surface area contributed by atoms with Crippen LogP contribution in [0.2, 0.25) is 0 Å². The van der Waals surface area contributed by atoms with Crippen LogP contribution in [-0.4, -0.2) is 103 Å². The Morgan fingerprint density at radius 1 is 0.823 bits per heavy atom. The van der Waals surface area contributed by atoms with Crippen LogP contribution >= 0.6 is 8.25 Å². The number of aryl methyl sites for hydroxylation is 1. The lowest BCUT2D eigenvalue weighted by Crippen LogP contribution is -2.46. The molecule has 2 unspecified atom stereocenters. The van der Waals surface area contributed by atoms with Crippen LogP contribution in [0.1, 0.15) is 94.9 Å². The van der Waals surface area contributed by atoms with E-state index in [1.165, 1.54) is 0 Å². The van der Waals surface area contributed by atoms with Crippen molar-refractivity contribution in [3.63, 3.8) is 0 Å². The van der Waals surface area contributed by atoms with Crippen molar-refractivity contribution in [2.75, 3.05) is 40.5 Å². The molecule has 0 saturated carbocycles. The van der Waals surface area contributed by atoms with Crippen LogP contribution < -0.4 is 9.47 Å².